The first-order valence-electron chi connectivity index (χ1n) is 6.94. The quantitative estimate of drug-likeness (QED) is 0.868. The molecule has 1 rings (SSSR count). The van der Waals surface area contributed by atoms with Crippen molar-refractivity contribution < 1.29 is 9.59 Å². The van der Waals surface area contributed by atoms with E-state index in [1.54, 1.807) is 29.2 Å². The van der Waals surface area contributed by atoms with Crippen molar-refractivity contribution in [2.24, 2.45) is 5.92 Å². The van der Waals surface area contributed by atoms with Crippen LogP contribution in [0.4, 0.5) is 16.2 Å². The van der Waals surface area contributed by atoms with E-state index in [0.717, 1.165) is 5.69 Å². The molecule has 20 heavy (non-hydrogen) atoms. The Morgan fingerprint density at radius 2 is 1.45 bits per heavy atom. The molecule has 0 spiro atoms. The number of anilines is 2. The molecule has 0 aliphatic carbocycles. The van der Waals surface area contributed by atoms with Crippen LogP contribution in [0.2, 0.25) is 0 Å². The third-order valence-electron chi connectivity index (χ3n) is 2.98. The lowest BCUT2D eigenvalue weighted by atomic mass is 10.2. The van der Waals surface area contributed by atoms with Crippen molar-refractivity contribution in [2.45, 2.75) is 27.7 Å². The van der Waals surface area contributed by atoms with Crippen LogP contribution in [-0.2, 0) is 4.79 Å². The van der Waals surface area contributed by atoms with E-state index in [2.05, 4.69) is 10.6 Å². The summed E-state index contributed by atoms with van der Waals surface area (Å²) in [5.41, 5.74) is 1.44. The number of urea groups is 1. The number of nitrogens with one attached hydrogen (secondary N) is 2. The number of amides is 3. The maximum absolute atomic E-state index is 11.9. The summed E-state index contributed by atoms with van der Waals surface area (Å²) in [5.74, 6) is -0.0815. The molecule has 5 heteroatoms. The van der Waals surface area contributed by atoms with E-state index in [0.29, 0.717) is 18.8 Å². The lowest BCUT2D eigenvalue weighted by Crippen LogP contribution is -2.34. The van der Waals surface area contributed by atoms with Gasteiger partial charge in [-0.15, -0.1) is 0 Å². The number of hydrogen-bond donors (Lipinski definition) is 2. The molecule has 0 heterocycles. The van der Waals surface area contributed by atoms with Gasteiger partial charge < -0.3 is 15.5 Å². The number of carbonyl (C=O) groups excluding carboxylic acids is 2. The summed E-state index contributed by atoms with van der Waals surface area (Å²) in [6, 6.07) is 6.99. The van der Waals surface area contributed by atoms with E-state index in [1.165, 1.54) is 0 Å². The predicted octanol–water partition coefficient (Wildman–Crippen LogP) is 3.15. The van der Waals surface area contributed by atoms with Crippen molar-refractivity contribution in [1.82, 2.24) is 4.90 Å². The van der Waals surface area contributed by atoms with E-state index in [-0.39, 0.29) is 17.9 Å². The SMILES string of the molecule is CCN(CC)C(=O)Nc1ccc(NC(=O)C(C)C)cc1. The Morgan fingerprint density at radius 3 is 1.85 bits per heavy atom. The van der Waals surface area contributed by atoms with Crippen molar-refractivity contribution in [1.29, 1.82) is 0 Å². The highest BCUT2D eigenvalue weighted by molar-refractivity contribution is 5.93. The maximum atomic E-state index is 11.9. The van der Waals surface area contributed by atoms with E-state index >= 15 is 0 Å². The van der Waals surface area contributed by atoms with Crippen LogP contribution in [0, 0.1) is 5.92 Å². The molecule has 5 nitrogen and oxygen atoms in total. The Morgan fingerprint density at radius 1 is 1.00 bits per heavy atom. The van der Waals surface area contributed by atoms with Crippen LogP contribution in [0.3, 0.4) is 0 Å². The summed E-state index contributed by atoms with van der Waals surface area (Å²) in [6.07, 6.45) is 0. The van der Waals surface area contributed by atoms with Crippen LogP contribution in [0.25, 0.3) is 0 Å². The number of benzene rings is 1. The molecule has 1 aromatic rings. The van der Waals surface area contributed by atoms with Gasteiger partial charge in [0.05, 0.1) is 0 Å². The Hall–Kier alpha value is -2.04. The molecule has 0 saturated heterocycles. The molecule has 0 radical (unpaired) electrons. The highest BCUT2D eigenvalue weighted by Gasteiger charge is 2.10. The zero-order valence-corrected chi connectivity index (χ0v) is 12.6. The predicted molar refractivity (Wildman–Crippen MR) is 81.8 cm³/mol. The lowest BCUT2D eigenvalue weighted by molar-refractivity contribution is -0.118. The summed E-state index contributed by atoms with van der Waals surface area (Å²) in [4.78, 5) is 25.1. The molecule has 3 amide bonds. The lowest BCUT2D eigenvalue weighted by Gasteiger charge is -2.19. The van der Waals surface area contributed by atoms with Gasteiger partial charge in [0.25, 0.3) is 0 Å². The first kappa shape index (κ1) is 16.0. The van der Waals surface area contributed by atoms with Crippen LogP contribution in [-0.4, -0.2) is 29.9 Å². The normalized spacial score (nSPS) is 10.2. The molecular weight excluding hydrogens is 254 g/mol. The first-order chi connectivity index (χ1) is 9.47. The maximum Gasteiger partial charge on any atom is 0.321 e. The van der Waals surface area contributed by atoms with Gasteiger partial charge in [-0.3, -0.25) is 4.79 Å². The molecule has 1 aromatic carbocycles. The number of rotatable bonds is 5. The van der Waals surface area contributed by atoms with Crippen molar-refractivity contribution in [3.8, 4) is 0 Å². The van der Waals surface area contributed by atoms with Gasteiger partial charge in [-0.1, -0.05) is 13.8 Å². The first-order valence-corrected chi connectivity index (χ1v) is 6.94. The fourth-order valence-electron chi connectivity index (χ4n) is 1.64. The smallest absolute Gasteiger partial charge is 0.321 e. The molecule has 110 valence electrons. The third-order valence-corrected chi connectivity index (χ3v) is 2.98. The van der Waals surface area contributed by atoms with E-state index in [1.807, 2.05) is 27.7 Å². The Bertz CT molecular complexity index is 451. The minimum atomic E-state index is -0.117. The zero-order chi connectivity index (χ0) is 15.1. The molecule has 0 fully saturated rings. The second-order valence-electron chi connectivity index (χ2n) is 4.82. The minimum Gasteiger partial charge on any atom is -0.326 e. The van der Waals surface area contributed by atoms with Gasteiger partial charge in [-0.05, 0) is 38.1 Å². The van der Waals surface area contributed by atoms with Gasteiger partial charge >= 0.3 is 6.03 Å². The highest BCUT2D eigenvalue weighted by atomic mass is 16.2. The van der Waals surface area contributed by atoms with Crippen molar-refractivity contribution in [3.63, 3.8) is 0 Å². The molecule has 0 atom stereocenters. The summed E-state index contributed by atoms with van der Waals surface area (Å²) in [7, 11) is 0. The van der Waals surface area contributed by atoms with E-state index < -0.39 is 0 Å². The van der Waals surface area contributed by atoms with Gasteiger partial charge in [0, 0.05) is 30.4 Å². The molecule has 0 aliphatic rings. The molecule has 0 aromatic heterocycles. The highest BCUT2D eigenvalue weighted by Crippen LogP contribution is 2.15. The second kappa shape index (κ2) is 7.53. The third kappa shape index (κ3) is 4.57. The van der Waals surface area contributed by atoms with Crippen LogP contribution in [0.1, 0.15) is 27.7 Å². The average molecular weight is 277 g/mol. The van der Waals surface area contributed by atoms with Gasteiger partial charge in [0.15, 0.2) is 0 Å². The van der Waals surface area contributed by atoms with Gasteiger partial charge in [-0.2, -0.15) is 0 Å². The average Bonchev–Trinajstić information content (AvgIpc) is 2.42. The summed E-state index contributed by atoms with van der Waals surface area (Å²) in [6.45, 7) is 8.90. The second-order valence-corrected chi connectivity index (χ2v) is 4.82. The van der Waals surface area contributed by atoms with Crippen LogP contribution in [0.15, 0.2) is 24.3 Å². The monoisotopic (exact) mass is 277 g/mol. The fraction of sp³-hybridized carbons (Fsp3) is 0.467. The summed E-state index contributed by atoms with van der Waals surface area (Å²) in [5, 5.41) is 5.63. The summed E-state index contributed by atoms with van der Waals surface area (Å²) >= 11 is 0. The number of carbonyl (C=O) groups is 2. The molecule has 0 unspecified atom stereocenters. The van der Waals surface area contributed by atoms with Crippen LogP contribution >= 0.6 is 0 Å². The summed E-state index contributed by atoms with van der Waals surface area (Å²) < 4.78 is 0. The Kier molecular flexibility index (Phi) is 6.03. The van der Waals surface area contributed by atoms with Crippen molar-refractivity contribution >= 4 is 23.3 Å². The number of nitrogens with zero attached hydrogens (tertiary/aromatic N) is 1. The van der Waals surface area contributed by atoms with Gasteiger partial charge in [0.2, 0.25) is 5.91 Å². The molecule has 0 aliphatic heterocycles. The topological polar surface area (TPSA) is 61.4 Å². The van der Waals surface area contributed by atoms with Crippen molar-refractivity contribution in [2.75, 3.05) is 23.7 Å². The largest absolute Gasteiger partial charge is 0.326 e. The fourth-order valence-corrected chi connectivity index (χ4v) is 1.64. The molecule has 0 bridgehead atoms. The van der Waals surface area contributed by atoms with Crippen molar-refractivity contribution in [3.05, 3.63) is 24.3 Å². The number of hydrogen-bond acceptors (Lipinski definition) is 2. The van der Waals surface area contributed by atoms with Gasteiger partial charge in [-0.25, -0.2) is 4.79 Å². The Labute approximate surface area is 120 Å². The van der Waals surface area contributed by atoms with Crippen LogP contribution < -0.4 is 10.6 Å². The Balaban J connectivity index is 2.63. The standard InChI is InChI=1S/C15H23N3O2/c1-5-18(6-2)15(20)17-13-9-7-12(8-10-13)16-14(19)11(3)4/h7-11H,5-6H2,1-4H3,(H,16,19)(H,17,20). The molecular formula is C15H23N3O2. The molecule has 2 N–H and O–H groups in total. The molecule has 0 saturated carbocycles. The van der Waals surface area contributed by atoms with Crippen LogP contribution in [0.5, 0.6) is 0 Å². The van der Waals surface area contributed by atoms with E-state index in [4.69, 9.17) is 0 Å². The van der Waals surface area contributed by atoms with Gasteiger partial charge in [0.1, 0.15) is 0 Å². The zero-order valence-electron chi connectivity index (χ0n) is 12.6. The minimum absolute atomic E-state index is 0.0232. The van der Waals surface area contributed by atoms with E-state index in [9.17, 15) is 9.59 Å².